The van der Waals surface area contributed by atoms with Gasteiger partial charge < -0.3 is 10.3 Å². The van der Waals surface area contributed by atoms with Crippen LogP contribution in [0.1, 0.15) is 54.0 Å². The van der Waals surface area contributed by atoms with Crippen molar-refractivity contribution in [3.8, 4) is 11.3 Å². The Morgan fingerprint density at radius 1 is 1.24 bits per heavy atom. The van der Waals surface area contributed by atoms with Gasteiger partial charge in [-0.05, 0) is 38.3 Å². The van der Waals surface area contributed by atoms with E-state index < -0.39 is 0 Å². The fourth-order valence-corrected chi connectivity index (χ4v) is 3.86. The van der Waals surface area contributed by atoms with E-state index in [1.165, 1.54) is 18.5 Å². The van der Waals surface area contributed by atoms with E-state index in [0.717, 1.165) is 40.7 Å². The van der Waals surface area contributed by atoms with Gasteiger partial charge >= 0.3 is 0 Å². The third-order valence-corrected chi connectivity index (χ3v) is 5.05. The van der Waals surface area contributed by atoms with Crippen LogP contribution >= 0.6 is 0 Å². The maximum Gasteiger partial charge on any atom is 0.251 e. The van der Waals surface area contributed by atoms with Crippen molar-refractivity contribution in [3.05, 3.63) is 53.3 Å². The van der Waals surface area contributed by atoms with Crippen LogP contribution in [0.5, 0.6) is 0 Å². The minimum absolute atomic E-state index is 0.362. The Balaban J connectivity index is 2.00. The van der Waals surface area contributed by atoms with Crippen LogP contribution in [0.3, 0.4) is 0 Å². The second-order valence-electron chi connectivity index (χ2n) is 6.89. The highest BCUT2D eigenvalue weighted by molar-refractivity contribution is 6.02. The quantitative estimate of drug-likeness (QED) is 0.752. The Bertz CT molecular complexity index is 967. The number of benzene rings is 1. The molecule has 0 spiro atoms. The lowest BCUT2D eigenvalue weighted by Crippen LogP contribution is -2.13. The lowest BCUT2D eigenvalue weighted by Gasteiger charge is -2.11. The zero-order valence-corrected chi connectivity index (χ0v) is 14.7. The summed E-state index contributed by atoms with van der Waals surface area (Å²) in [5.74, 6) is -0.362. The van der Waals surface area contributed by atoms with Gasteiger partial charge in [0.1, 0.15) is 0 Å². The number of hydrogen-bond acceptors (Lipinski definition) is 2. The molecule has 1 amide bonds. The lowest BCUT2D eigenvalue weighted by molar-refractivity contribution is 0.1000. The molecule has 2 aromatic heterocycles. The van der Waals surface area contributed by atoms with Crippen LogP contribution in [-0.4, -0.2) is 15.5 Å². The molecule has 2 heterocycles. The molecule has 4 rings (SSSR count). The molecular formula is C21H23N3O. The number of fused-ring (bicyclic) bond motifs is 1. The Labute approximate surface area is 147 Å². The van der Waals surface area contributed by atoms with Crippen LogP contribution in [0.2, 0.25) is 0 Å². The number of nitrogens with zero attached hydrogens (tertiary/aromatic N) is 2. The van der Waals surface area contributed by atoms with Gasteiger partial charge in [-0.15, -0.1) is 0 Å². The summed E-state index contributed by atoms with van der Waals surface area (Å²) < 4.78 is 2.34. The summed E-state index contributed by atoms with van der Waals surface area (Å²) in [6, 6.07) is 12.6. The van der Waals surface area contributed by atoms with Gasteiger partial charge in [0.05, 0.1) is 16.8 Å². The van der Waals surface area contributed by atoms with Crippen molar-refractivity contribution < 1.29 is 4.79 Å². The van der Waals surface area contributed by atoms with Crippen molar-refractivity contribution in [2.75, 3.05) is 0 Å². The van der Waals surface area contributed by atoms with E-state index in [1.807, 2.05) is 31.2 Å². The Morgan fingerprint density at radius 3 is 2.68 bits per heavy atom. The zero-order valence-electron chi connectivity index (χ0n) is 14.7. The highest BCUT2D eigenvalue weighted by atomic mass is 16.1. The van der Waals surface area contributed by atoms with Crippen molar-refractivity contribution in [1.82, 2.24) is 9.55 Å². The fourth-order valence-electron chi connectivity index (χ4n) is 3.86. The molecule has 3 aromatic rings. The first-order chi connectivity index (χ1) is 12.1. The second-order valence-corrected chi connectivity index (χ2v) is 6.89. The maximum absolute atomic E-state index is 12.3. The van der Waals surface area contributed by atoms with Crippen LogP contribution in [0.15, 0.2) is 36.4 Å². The molecule has 1 aromatic carbocycles. The topological polar surface area (TPSA) is 60.9 Å². The van der Waals surface area contributed by atoms with Crippen LogP contribution in [-0.2, 0) is 6.42 Å². The molecule has 0 radical (unpaired) electrons. The van der Waals surface area contributed by atoms with Crippen LogP contribution in [0, 0.1) is 6.92 Å². The maximum atomic E-state index is 12.3. The van der Waals surface area contributed by atoms with E-state index in [4.69, 9.17) is 10.7 Å². The van der Waals surface area contributed by atoms with Gasteiger partial charge in [0.2, 0.25) is 0 Å². The highest BCUT2D eigenvalue weighted by Crippen LogP contribution is 2.43. The Kier molecular flexibility index (Phi) is 3.83. The van der Waals surface area contributed by atoms with E-state index in [-0.39, 0.29) is 5.91 Å². The van der Waals surface area contributed by atoms with Crippen LogP contribution in [0.25, 0.3) is 22.2 Å². The summed E-state index contributed by atoms with van der Waals surface area (Å²) in [5.41, 5.74) is 11.3. The number of nitrogens with two attached hydrogens (primary N) is 1. The molecule has 1 aliphatic carbocycles. The number of para-hydroxylation sites is 1. The summed E-state index contributed by atoms with van der Waals surface area (Å²) in [6.07, 6.45) is 4.30. The molecule has 4 heteroatoms. The van der Waals surface area contributed by atoms with Gasteiger partial charge in [0.25, 0.3) is 5.91 Å². The summed E-state index contributed by atoms with van der Waals surface area (Å²) in [7, 11) is 0. The minimum Gasteiger partial charge on any atom is -0.366 e. The SMILES string of the molecule is CCCc1c(-c2ccc3ccccc3n2)c(C(N)=O)c(C)n1C1CC1. The van der Waals surface area contributed by atoms with Gasteiger partial charge in [0.15, 0.2) is 0 Å². The number of carbonyl (C=O) groups is 1. The molecule has 0 bridgehead atoms. The molecule has 1 aliphatic rings. The number of hydrogen-bond donors (Lipinski definition) is 1. The first-order valence-corrected chi connectivity index (χ1v) is 9.01. The fraction of sp³-hybridized carbons (Fsp3) is 0.333. The van der Waals surface area contributed by atoms with Gasteiger partial charge in [-0.1, -0.05) is 37.6 Å². The summed E-state index contributed by atoms with van der Waals surface area (Å²) in [6.45, 7) is 4.18. The number of amides is 1. The second kappa shape index (κ2) is 6.03. The summed E-state index contributed by atoms with van der Waals surface area (Å²) in [4.78, 5) is 17.1. The molecule has 0 atom stereocenters. The van der Waals surface area contributed by atoms with E-state index >= 15 is 0 Å². The van der Waals surface area contributed by atoms with Gasteiger partial charge in [-0.25, -0.2) is 4.98 Å². The van der Waals surface area contributed by atoms with Crippen LogP contribution < -0.4 is 5.73 Å². The standard InChI is InChI=1S/C21H23N3O/c1-3-6-18-20(17-12-9-14-7-4-5-8-16(14)23-17)19(21(22)25)13(2)24(18)15-10-11-15/h4-5,7-9,12,15H,3,6,10-11H2,1-2H3,(H2,22,25). The predicted octanol–water partition coefficient (Wildman–Crippen LogP) is 4.40. The molecule has 1 saturated carbocycles. The third kappa shape index (κ3) is 2.62. The van der Waals surface area contributed by atoms with Crippen molar-refractivity contribution >= 4 is 16.8 Å². The lowest BCUT2D eigenvalue weighted by atomic mass is 10.0. The smallest absolute Gasteiger partial charge is 0.251 e. The van der Waals surface area contributed by atoms with E-state index in [9.17, 15) is 4.79 Å². The molecular weight excluding hydrogens is 310 g/mol. The first-order valence-electron chi connectivity index (χ1n) is 9.01. The molecule has 0 unspecified atom stereocenters. The van der Waals surface area contributed by atoms with E-state index in [1.54, 1.807) is 0 Å². The zero-order chi connectivity index (χ0) is 17.6. The van der Waals surface area contributed by atoms with Crippen molar-refractivity contribution in [1.29, 1.82) is 0 Å². The van der Waals surface area contributed by atoms with Crippen molar-refractivity contribution in [3.63, 3.8) is 0 Å². The largest absolute Gasteiger partial charge is 0.366 e. The van der Waals surface area contributed by atoms with E-state index in [0.29, 0.717) is 11.6 Å². The Morgan fingerprint density at radius 2 is 2.00 bits per heavy atom. The third-order valence-electron chi connectivity index (χ3n) is 5.05. The van der Waals surface area contributed by atoms with Gasteiger partial charge in [-0.3, -0.25) is 4.79 Å². The number of pyridine rings is 1. The van der Waals surface area contributed by atoms with E-state index in [2.05, 4.69) is 23.6 Å². The molecule has 25 heavy (non-hydrogen) atoms. The minimum atomic E-state index is -0.362. The molecule has 0 aliphatic heterocycles. The predicted molar refractivity (Wildman–Crippen MR) is 101 cm³/mol. The number of rotatable bonds is 5. The monoisotopic (exact) mass is 333 g/mol. The molecule has 0 saturated heterocycles. The van der Waals surface area contributed by atoms with Gasteiger partial charge in [-0.2, -0.15) is 0 Å². The summed E-state index contributed by atoms with van der Waals surface area (Å²) >= 11 is 0. The van der Waals surface area contributed by atoms with Crippen molar-refractivity contribution in [2.45, 2.75) is 45.6 Å². The number of carbonyl (C=O) groups excluding carboxylic acids is 1. The van der Waals surface area contributed by atoms with Crippen LogP contribution in [0.4, 0.5) is 0 Å². The molecule has 2 N–H and O–H groups in total. The number of primary amides is 1. The van der Waals surface area contributed by atoms with Crippen molar-refractivity contribution in [2.24, 2.45) is 5.73 Å². The Hall–Kier alpha value is -2.62. The molecule has 128 valence electrons. The normalized spacial score (nSPS) is 14.2. The number of aromatic nitrogens is 2. The average molecular weight is 333 g/mol. The molecule has 1 fully saturated rings. The summed E-state index contributed by atoms with van der Waals surface area (Å²) in [5, 5.41) is 1.10. The molecule has 4 nitrogen and oxygen atoms in total. The average Bonchev–Trinajstić information content (AvgIpc) is 3.39. The first kappa shape index (κ1) is 15.9. The van der Waals surface area contributed by atoms with Gasteiger partial charge in [0, 0.05) is 28.4 Å². The highest BCUT2D eigenvalue weighted by Gasteiger charge is 2.33.